The smallest absolute Gasteiger partial charge is 0.337 e. The van der Waals surface area contributed by atoms with E-state index in [1.54, 1.807) is 24.3 Å². The van der Waals surface area contributed by atoms with Gasteiger partial charge < -0.3 is 10.4 Å². The maximum atomic E-state index is 10.7. The van der Waals surface area contributed by atoms with Gasteiger partial charge in [0.15, 0.2) is 5.82 Å². The van der Waals surface area contributed by atoms with Crippen molar-refractivity contribution in [2.75, 3.05) is 5.32 Å². The zero-order chi connectivity index (χ0) is 12.3. The first-order chi connectivity index (χ1) is 8.15. The second-order valence-corrected chi connectivity index (χ2v) is 3.71. The van der Waals surface area contributed by atoms with E-state index in [1.807, 2.05) is 0 Å². The van der Waals surface area contributed by atoms with Gasteiger partial charge in [0.05, 0.1) is 11.8 Å². The van der Waals surface area contributed by atoms with Crippen LogP contribution in [-0.4, -0.2) is 21.3 Å². The zero-order valence-corrected chi connectivity index (χ0v) is 9.35. The Morgan fingerprint density at radius 2 is 2.18 bits per heavy atom. The molecule has 2 N–H and O–H groups in total. The van der Waals surface area contributed by atoms with Crippen molar-refractivity contribution in [3.8, 4) is 0 Å². The molecule has 2 rings (SSSR count). The summed E-state index contributed by atoms with van der Waals surface area (Å²) in [7, 11) is 0. The number of nitrogens with one attached hydrogen (secondary N) is 1. The molecule has 2 aromatic rings. The fraction of sp³-hybridized carbons (Fsp3) is 0. The minimum atomic E-state index is -1.05. The number of rotatable bonds is 3. The van der Waals surface area contributed by atoms with E-state index < -0.39 is 5.97 Å². The number of aromatic carboxylic acids is 1. The van der Waals surface area contributed by atoms with Gasteiger partial charge >= 0.3 is 5.97 Å². The monoisotopic (exact) mass is 249 g/mol. The standard InChI is InChI=1S/C11H8ClN3O2/c12-8-2-1-3-9(5-8)14-10-4-7(11(16)17)6-13-15-10/h1-6H,(H,14,15)(H,16,17). The van der Waals surface area contributed by atoms with Crippen LogP contribution in [0.25, 0.3) is 0 Å². The van der Waals surface area contributed by atoms with Crippen molar-refractivity contribution in [2.45, 2.75) is 0 Å². The van der Waals surface area contributed by atoms with E-state index in [2.05, 4.69) is 15.5 Å². The minimum absolute atomic E-state index is 0.0736. The molecule has 0 radical (unpaired) electrons. The molecule has 0 aliphatic rings. The molecule has 0 bridgehead atoms. The summed E-state index contributed by atoms with van der Waals surface area (Å²) < 4.78 is 0. The van der Waals surface area contributed by atoms with Gasteiger partial charge in [0.2, 0.25) is 0 Å². The minimum Gasteiger partial charge on any atom is -0.478 e. The lowest BCUT2D eigenvalue weighted by Crippen LogP contribution is -2.01. The predicted molar refractivity (Wildman–Crippen MR) is 63.7 cm³/mol. The van der Waals surface area contributed by atoms with E-state index in [0.717, 1.165) is 0 Å². The lowest BCUT2D eigenvalue weighted by atomic mass is 10.3. The Kier molecular flexibility index (Phi) is 3.20. The van der Waals surface area contributed by atoms with Crippen molar-refractivity contribution in [2.24, 2.45) is 0 Å². The topological polar surface area (TPSA) is 75.1 Å². The van der Waals surface area contributed by atoms with Crippen molar-refractivity contribution in [1.82, 2.24) is 10.2 Å². The number of halogens is 1. The zero-order valence-electron chi connectivity index (χ0n) is 8.59. The second kappa shape index (κ2) is 4.80. The molecule has 1 aromatic carbocycles. The van der Waals surface area contributed by atoms with Crippen LogP contribution in [0.15, 0.2) is 36.5 Å². The third kappa shape index (κ3) is 2.92. The normalized spacial score (nSPS) is 9.94. The van der Waals surface area contributed by atoms with Gasteiger partial charge in [0, 0.05) is 10.7 Å². The van der Waals surface area contributed by atoms with Gasteiger partial charge in [-0.1, -0.05) is 17.7 Å². The van der Waals surface area contributed by atoms with E-state index in [1.165, 1.54) is 12.3 Å². The first kappa shape index (κ1) is 11.3. The lowest BCUT2D eigenvalue weighted by Gasteiger charge is -2.05. The van der Waals surface area contributed by atoms with Crippen LogP contribution >= 0.6 is 11.6 Å². The number of hydrogen-bond donors (Lipinski definition) is 2. The van der Waals surface area contributed by atoms with Gasteiger partial charge in [-0.15, -0.1) is 5.10 Å². The number of nitrogens with zero attached hydrogens (tertiary/aromatic N) is 2. The Morgan fingerprint density at radius 1 is 1.35 bits per heavy atom. The van der Waals surface area contributed by atoms with Gasteiger partial charge in [0.25, 0.3) is 0 Å². The number of carboxylic acid groups (broad SMARTS) is 1. The summed E-state index contributed by atoms with van der Waals surface area (Å²) in [6.07, 6.45) is 1.19. The molecule has 0 aliphatic carbocycles. The van der Waals surface area contributed by atoms with Crippen LogP contribution in [0.2, 0.25) is 5.02 Å². The summed E-state index contributed by atoms with van der Waals surface area (Å²) in [5.41, 5.74) is 0.791. The molecule has 0 amide bonds. The highest BCUT2D eigenvalue weighted by atomic mass is 35.5. The number of hydrogen-bond acceptors (Lipinski definition) is 4. The van der Waals surface area contributed by atoms with Gasteiger partial charge in [0.1, 0.15) is 0 Å². The van der Waals surface area contributed by atoms with Crippen LogP contribution in [0.5, 0.6) is 0 Å². The summed E-state index contributed by atoms with van der Waals surface area (Å²) in [5.74, 6) is -0.693. The molecule has 0 unspecified atom stereocenters. The highest BCUT2D eigenvalue weighted by Gasteiger charge is 2.05. The van der Waals surface area contributed by atoms with Crippen molar-refractivity contribution < 1.29 is 9.90 Å². The summed E-state index contributed by atoms with van der Waals surface area (Å²) >= 11 is 5.82. The third-order valence-electron chi connectivity index (χ3n) is 2.00. The van der Waals surface area contributed by atoms with Crippen LogP contribution < -0.4 is 5.32 Å². The number of benzene rings is 1. The lowest BCUT2D eigenvalue weighted by molar-refractivity contribution is 0.0696. The van der Waals surface area contributed by atoms with Crippen LogP contribution in [0.1, 0.15) is 10.4 Å². The maximum absolute atomic E-state index is 10.7. The Hall–Kier alpha value is -2.14. The summed E-state index contributed by atoms with van der Waals surface area (Å²) in [6.45, 7) is 0. The van der Waals surface area contributed by atoms with Crippen molar-refractivity contribution >= 4 is 29.1 Å². The van der Waals surface area contributed by atoms with Crippen LogP contribution in [-0.2, 0) is 0 Å². The number of carbonyl (C=O) groups is 1. The molecule has 86 valence electrons. The summed E-state index contributed by atoms with van der Waals surface area (Å²) in [5, 5.41) is 19.7. The number of anilines is 2. The van der Waals surface area contributed by atoms with Crippen molar-refractivity contribution in [3.05, 3.63) is 47.1 Å². The van der Waals surface area contributed by atoms with Crippen LogP contribution in [0.3, 0.4) is 0 Å². The molecule has 1 heterocycles. The molecular weight excluding hydrogens is 242 g/mol. The molecular formula is C11H8ClN3O2. The van der Waals surface area contributed by atoms with Gasteiger partial charge in [-0.25, -0.2) is 4.79 Å². The van der Waals surface area contributed by atoms with Crippen molar-refractivity contribution in [1.29, 1.82) is 0 Å². The highest BCUT2D eigenvalue weighted by Crippen LogP contribution is 2.18. The largest absolute Gasteiger partial charge is 0.478 e. The van der Waals surface area contributed by atoms with Gasteiger partial charge in [-0.2, -0.15) is 5.10 Å². The molecule has 0 fully saturated rings. The molecule has 17 heavy (non-hydrogen) atoms. The van der Waals surface area contributed by atoms with Crippen LogP contribution in [0, 0.1) is 0 Å². The molecule has 0 spiro atoms. The Morgan fingerprint density at radius 3 is 2.88 bits per heavy atom. The second-order valence-electron chi connectivity index (χ2n) is 3.27. The first-order valence-electron chi connectivity index (χ1n) is 4.74. The molecule has 6 heteroatoms. The molecule has 0 saturated carbocycles. The fourth-order valence-corrected chi connectivity index (χ4v) is 1.45. The van der Waals surface area contributed by atoms with E-state index >= 15 is 0 Å². The Labute approximate surface area is 102 Å². The maximum Gasteiger partial charge on any atom is 0.337 e. The Bertz CT molecular complexity index is 560. The third-order valence-corrected chi connectivity index (χ3v) is 2.23. The molecule has 5 nitrogen and oxygen atoms in total. The molecule has 0 saturated heterocycles. The summed E-state index contributed by atoms with van der Waals surface area (Å²) in [4.78, 5) is 10.7. The summed E-state index contributed by atoms with van der Waals surface area (Å²) in [6, 6.07) is 8.42. The van der Waals surface area contributed by atoms with Gasteiger partial charge in [-0.05, 0) is 24.3 Å². The average molecular weight is 250 g/mol. The quantitative estimate of drug-likeness (QED) is 0.874. The van der Waals surface area contributed by atoms with E-state index in [4.69, 9.17) is 16.7 Å². The Balaban J connectivity index is 2.24. The SMILES string of the molecule is O=C(O)c1cnnc(Nc2cccc(Cl)c2)c1. The van der Waals surface area contributed by atoms with Crippen LogP contribution in [0.4, 0.5) is 11.5 Å². The van der Waals surface area contributed by atoms with E-state index in [-0.39, 0.29) is 5.56 Å². The number of carboxylic acids is 1. The fourth-order valence-electron chi connectivity index (χ4n) is 1.26. The van der Waals surface area contributed by atoms with Crippen molar-refractivity contribution in [3.63, 3.8) is 0 Å². The highest BCUT2D eigenvalue weighted by molar-refractivity contribution is 6.30. The molecule has 0 aliphatic heterocycles. The predicted octanol–water partition coefficient (Wildman–Crippen LogP) is 2.57. The molecule has 1 aromatic heterocycles. The first-order valence-corrected chi connectivity index (χ1v) is 5.11. The molecule has 0 atom stereocenters. The van der Waals surface area contributed by atoms with E-state index in [9.17, 15) is 4.79 Å². The number of aromatic nitrogens is 2. The van der Waals surface area contributed by atoms with Gasteiger partial charge in [-0.3, -0.25) is 0 Å². The van der Waals surface area contributed by atoms with E-state index in [0.29, 0.717) is 16.5 Å². The average Bonchev–Trinajstić information content (AvgIpc) is 2.29.